The Hall–Kier alpha value is -2.35. The number of alkyl halides is 3. The molecule has 1 aliphatic heterocycles. The van der Waals surface area contributed by atoms with Crippen LogP contribution in [0.1, 0.15) is 31.4 Å². The van der Waals surface area contributed by atoms with E-state index in [4.69, 9.17) is 4.74 Å². The Morgan fingerprint density at radius 2 is 1.93 bits per heavy atom. The fraction of sp³-hybridized carbons (Fsp3) is 0.421. The number of hydrogen-bond donors (Lipinski definition) is 1. The van der Waals surface area contributed by atoms with E-state index < -0.39 is 29.4 Å². The van der Waals surface area contributed by atoms with Gasteiger partial charge in [0.2, 0.25) is 0 Å². The number of aryl methyl sites for hydroxylation is 1. The maximum absolute atomic E-state index is 14.5. The standard InChI is InChI=1S/C19H20F4N2O2/c1-11(2)27-9-7-18(19(21,22)23)13-6-8-25(3)17(26)16(13)24-15-5-4-12(20)10-14(15)18/h4-6,8,10-11,24H,7,9H2,1-3H3. The number of pyridine rings is 1. The fourth-order valence-electron chi connectivity index (χ4n) is 3.53. The molecule has 0 saturated carbocycles. The molecule has 0 spiro atoms. The van der Waals surface area contributed by atoms with Gasteiger partial charge in [-0.2, -0.15) is 13.2 Å². The number of anilines is 2. The number of hydrogen-bond acceptors (Lipinski definition) is 3. The molecule has 0 radical (unpaired) electrons. The Balaban J connectivity index is 2.31. The van der Waals surface area contributed by atoms with Crippen molar-refractivity contribution in [2.24, 2.45) is 7.05 Å². The molecular formula is C19H20F4N2O2. The van der Waals surface area contributed by atoms with Crippen LogP contribution in [-0.4, -0.2) is 23.5 Å². The van der Waals surface area contributed by atoms with Crippen LogP contribution < -0.4 is 10.9 Å². The van der Waals surface area contributed by atoms with E-state index >= 15 is 0 Å². The zero-order chi connectivity index (χ0) is 20.0. The van der Waals surface area contributed by atoms with Gasteiger partial charge in [0.25, 0.3) is 5.56 Å². The highest BCUT2D eigenvalue weighted by molar-refractivity contribution is 5.76. The molecule has 0 aliphatic carbocycles. The van der Waals surface area contributed by atoms with Crippen molar-refractivity contribution in [1.29, 1.82) is 0 Å². The van der Waals surface area contributed by atoms with Gasteiger partial charge in [-0.3, -0.25) is 4.79 Å². The highest BCUT2D eigenvalue weighted by Gasteiger charge is 2.60. The Morgan fingerprint density at radius 3 is 2.56 bits per heavy atom. The Kier molecular flexibility index (Phi) is 4.80. The molecule has 1 aliphatic rings. The lowest BCUT2D eigenvalue weighted by Crippen LogP contribution is -2.48. The molecule has 1 aromatic heterocycles. The van der Waals surface area contributed by atoms with Crippen molar-refractivity contribution < 1.29 is 22.3 Å². The summed E-state index contributed by atoms with van der Waals surface area (Å²) in [6, 6.07) is 4.44. The predicted molar refractivity (Wildman–Crippen MR) is 93.9 cm³/mol. The van der Waals surface area contributed by atoms with Crippen molar-refractivity contribution in [2.45, 2.75) is 38.0 Å². The summed E-state index contributed by atoms with van der Waals surface area (Å²) in [5, 5.41) is 2.76. The van der Waals surface area contributed by atoms with Crippen molar-refractivity contribution in [2.75, 3.05) is 11.9 Å². The quantitative estimate of drug-likeness (QED) is 0.802. The summed E-state index contributed by atoms with van der Waals surface area (Å²) in [7, 11) is 1.46. The normalized spacial score (nSPS) is 18.8. The van der Waals surface area contributed by atoms with Crippen molar-refractivity contribution >= 4 is 11.4 Å². The maximum Gasteiger partial charge on any atom is 0.402 e. The van der Waals surface area contributed by atoms with E-state index in [2.05, 4.69) is 5.32 Å². The summed E-state index contributed by atoms with van der Waals surface area (Å²) < 4.78 is 64.1. The number of ether oxygens (including phenoxy) is 1. The van der Waals surface area contributed by atoms with Crippen molar-refractivity contribution in [3.05, 3.63) is 57.8 Å². The third-order valence-corrected chi connectivity index (χ3v) is 4.84. The molecule has 1 unspecified atom stereocenters. The molecule has 0 bridgehead atoms. The molecule has 1 aromatic carbocycles. The van der Waals surface area contributed by atoms with Gasteiger partial charge < -0.3 is 14.6 Å². The predicted octanol–water partition coefficient (Wildman–Crippen LogP) is 4.24. The number of fused-ring (bicyclic) bond motifs is 2. The topological polar surface area (TPSA) is 43.3 Å². The molecule has 1 atom stereocenters. The van der Waals surface area contributed by atoms with Crippen molar-refractivity contribution in [1.82, 2.24) is 4.57 Å². The minimum atomic E-state index is -4.76. The van der Waals surface area contributed by atoms with Gasteiger partial charge in [-0.1, -0.05) is 0 Å². The molecule has 2 heterocycles. The summed E-state index contributed by atoms with van der Waals surface area (Å²) in [6.45, 7) is 3.25. The zero-order valence-corrected chi connectivity index (χ0v) is 15.2. The van der Waals surface area contributed by atoms with Crippen LogP contribution >= 0.6 is 0 Å². The van der Waals surface area contributed by atoms with E-state index in [0.29, 0.717) is 0 Å². The van der Waals surface area contributed by atoms with Gasteiger partial charge in [0.15, 0.2) is 0 Å². The van der Waals surface area contributed by atoms with E-state index in [9.17, 15) is 22.4 Å². The van der Waals surface area contributed by atoms with Gasteiger partial charge in [0, 0.05) is 31.1 Å². The number of nitrogens with one attached hydrogen (secondary N) is 1. The van der Waals surface area contributed by atoms with E-state index in [0.717, 1.165) is 12.1 Å². The summed E-state index contributed by atoms with van der Waals surface area (Å²) in [5.74, 6) is -0.777. The minimum Gasteiger partial charge on any atom is -0.379 e. The van der Waals surface area contributed by atoms with Gasteiger partial charge in [-0.25, -0.2) is 4.39 Å². The second kappa shape index (κ2) is 6.67. The average Bonchev–Trinajstić information content (AvgIpc) is 2.57. The molecular weight excluding hydrogens is 364 g/mol. The number of aromatic nitrogens is 1. The largest absolute Gasteiger partial charge is 0.402 e. The second-order valence-corrected chi connectivity index (χ2v) is 6.91. The molecule has 1 N–H and O–H groups in total. The van der Waals surface area contributed by atoms with E-state index in [-0.39, 0.29) is 35.2 Å². The van der Waals surface area contributed by atoms with Crippen LogP contribution in [0.2, 0.25) is 0 Å². The summed E-state index contributed by atoms with van der Waals surface area (Å²) in [5.41, 5.74) is -3.68. The van der Waals surface area contributed by atoms with Gasteiger partial charge in [-0.05, 0) is 50.1 Å². The van der Waals surface area contributed by atoms with E-state index in [1.165, 1.54) is 29.9 Å². The summed E-state index contributed by atoms with van der Waals surface area (Å²) >= 11 is 0. The van der Waals surface area contributed by atoms with Crippen LogP contribution in [0, 0.1) is 5.82 Å². The highest BCUT2D eigenvalue weighted by atomic mass is 19.4. The van der Waals surface area contributed by atoms with Crippen LogP contribution in [0.15, 0.2) is 35.3 Å². The first-order chi connectivity index (χ1) is 12.6. The van der Waals surface area contributed by atoms with Crippen LogP contribution in [0.4, 0.5) is 28.9 Å². The van der Waals surface area contributed by atoms with Crippen molar-refractivity contribution in [3.63, 3.8) is 0 Å². The SMILES string of the molecule is CC(C)OCCC1(C(F)(F)F)c2cc(F)ccc2Nc2c1ccn(C)c2=O. The molecule has 2 aromatic rings. The Bertz CT molecular complexity index is 921. The number of halogens is 4. The Morgan fingerprint density at radius 1 is 1.22 bits per heavy atom. The van der Waals surface area contributed by atoms with Crippen molar-refractivity contribution in [3.8, 4) is 0 Å². The van der Waals surface area contributed by atoms with Gasteiger partial charge in [-0.15, -0.1) is 0 Å². The smallest absolute Gasteiger partial charge is 0.379 e. The number of benzene rings is 1. The molecule has 27 heavy (non-hydrogen) atoms. The minimum absolute atomic E-state index is 0.0640. The third kappa shape index (κ3) is 3.12. The number of nitrogens with zero attached hydrogens (tertiary/aromatic N) is 1. The molecule has 4 nitrogen and oxygen atoms in total. The molecule has 146 valence electrons. The number of rotatable bonds is 4. The van der Waals surface area contributed by atoms with Gasteiger partial charge >= 0.3 is 6.18 Å². The highest BCUT2D eigenvalue weighted by Crippen LogP contribution is 2.55. The van der Waals surface area contributed by atoms with E-state index in [1.807, 2.05) is 0 Å². The molecule has 0 amide bonds. The lowest BCUT2D eigenvalue weighted by Gasteiger charge is -2.42. The lowest BCUT2D eigenvalue weighted by atomic mass is 9.68. The molecule has 0 saturated heterocycles. The first-order valence-electron chi connectivity index (χ1n) is 8.53. The van der Waals surface area contributed by atoms with Crippen LogP contribution in [0.25, 0.3) is 0 Å². The average molecular weight is 384 g/mol. The lowest BCUT2D eigenvalue weighted by molar-refractivity contribution is -0.183. The van der Waals surface area contributed by atoms with Crippen LogP contribution in [-0.2, 0) is 17.2 Å². The monoisotopic (exact) mass is 384 g/mol. The summed E-state index contributed by atoms with van der Waals surface area (Å²) in [6.07, 6.45) is -4.20. The van der Waals surface area contributed by atoms with Gasteiger partial charge in [0.05, 0.1) is 6.10 Å². The second-order valence-electron chi connectivity index (χ2n) is 6.91. The fourth-order valence-corrected chi connectivity index (χ4v) is 3.53. The molecule has 8 heteroatoms. The first kappa shape index (κ1) is 19.4. The van der Waals surface area contributed by atoms with Crippen LogP contribution in [0.3, 0.4) is 0 Å². The van der Waals surface area contributed by atoms with Gasteiger partial charge in [0.1, 0.15) is 16.9 Å². The summed E-state index contributed by atoms with van der Waals surface area (Å²) in [4.78, 5) is 12.5. The maximum atomic E-state index is 14.5. The third-order valence-electron chi connectivity index (χ3n) is 4.84. The van der Waals surface area contributed by atoms with E-state index in [1.54, 1.807) is 13.8 Å². The molecule has 3 rings (SSSR count). The zero-order valence-electron chi connectivity index (χ0n) is 15.2. The Labute approximate surface area is 153 Å². The van der Waals surface area contributed by atoms with Crippen LogP contribution in [0.5, 0.6) is 0 Å². The molecule has 0 fully saturated rings. The first-order valence-corrected chi connectivity index (χ1v) is 8.53.